The Morgan fingerprint density at radius 3 is 2.54 bits per heavy atom. The van der Waals surface area contributed by atoms with Crippen molar-refractivity contribution in [3.63, 3.8) is 0 Å². The first kappa shape index (κ1) is 19.6. The van der Waals surface area contributed by atoms with Crippen molar-refractivity contribution in [3.05, 3.63) is 94.0 Å². The third kappa shape index (κ3) is 5.44. The number of hydrogen-bond acceptors (Lipinski definition) is 4. The van der Waals surface area contributed by atoms with Gasteiger partial charge in [-0.15, -0.1) is 0 Å². The van der Waals surface area contributed by atoms with Gasteiger partial charge in [0.2, 0.25) is 0 Å². The molecule has 0 spiro atoms. The van der Waals surface area contributed by atoms with Crippen LogP contribution in [0.5, 0.6) is 11.5 Å². The second kappa shape index (κ2) is 9.71. The molecule has 0 unspecified atom stereocenters. The first-order valence-corrected chi connectivity index (χ1v) is 9.39. The Kier molecular flexibility index (Phi) is 6.81. The van der Waals surface area contributed by atoms with E-state index in [4.69, 9.17) is 9.47 Å². The fraction of sp³-hybridized carbons (Fsp3) is 0.0909. The van der Waals surface area contributed by atoms with Gasteiger partial charge in [-0.05, 0) is 53.6 Å². The van der Waals surface area contributed by atoms with E-state index in [-0.39, 0.29) is 5.91 Å². The highest BCUT2D eigenvalue weighted by Gasteiger charge is 2.13. The summed E-state index contributed by atoms with van der Waals surface area (Å²) < 4.78 is 11.7. The van der Waals surface area contributed by atoms with Crippen LogP contribution in [0.1, 0.15) is 21.5 Å². The van der Waals surface area contributed by atoms with Gasteiger partial charge in [0, 0.05) is 4.47 Å². The van der Waals surface area contributed by atoms with Crippen molar-refractivity contribution in [1.82, 2.24) is 5.43 Å². The zero-order valence-corrected chi connectivity index (χ0v) is 16.8. The normalized spacial score (nSPS) is 10.6. The van der Waals surface area contributed by atoms with E-state index in [2.05, 4.69) is 26.5 Å². The van der Waals surface area contributed by atoms with Crippen molar-refractivity contribution in [1.29, 1.82) is 0 Å². The first-order valence-electron chi connectivity index (χ1n) is 8.59. The van der Waals surface area contributed by atoms with E-state index in [1.807, 2.05) is 60.7 Å². The molecule has 1 N–H and O–H groups in total. The van der Waals surface area contributed by atoms with Gasteiger partial charge in [0.05, 0.1) is 18.9 Å². The van der Waals surface area contributed by atoms with Gasteiger partial charge in [0.15, 0.2) is 0 Å². The summed E-state index contributed by atoms with van der Waals surface area (Å²) in [6, 6.07) is 22.4. The highest BCUT2D eigenvalue weighted by molar-refractivity contribution is 9.10. The van der Waals surface area contributed by atoms with Crippen molar-refractivity contribution in [3.8, 4) is 11.5 Å². The van der Waals surface area contributed by atoms with Crippen LogP contribution in [0.4, 0.5) is 0 Å². The van der Waals surface area contributed by atoms with Gasteiger partial charge >= 0.3 is 0 Å². The van der Waals surface area contributed by atoms with Gasteiger partial charge in [0.25, 0.3) is 5.91 Å². The van der Waals surface area contributed by atoms with Crippen LogP contribution in [-0.2, 0) is 6.61 Å². The van der Waals surface area contributed by atoms with Crippen molar-refractivity contribution in [2.24, 2.45) is 5.10 Å². The summed E-state index contributed by atoms with van der Waals surface area (Å²) in [7, 11) is 1.61. The molecule has 0 saturated heterocycles. The van der Waals surface area contributed by atoms with E-state index in [0.29, 0.717) is 17.9 Å². The molecule has 3 rings (SSSR count). The van der Waals surface area contributed by atoms with Gasteiger partial charge in [-0.1, -0.05) is 46.3 Å². The third-order valence-electron chi connectivity index (χ3n) is 3.92. The third-order valence-corrected chi connectivity index (χ3v) is 4.41. The Bertz CT molecular complexity index is 957. The molecule has 0 saturated carbocycles. The second-order valence-electron chi connectivity index (χ2n) is 5.89. The summed E-state index contributed by atoms with van der Waals surface area (Å²) >= 11 is 3.39. The molecule has 3 aromatic carbocycles. The number of hydrazone groups is 1. The number of halogens is 1. The molecule has 0 aliphatic rings. The van der Waals surface area contributed by atoms with E-state index < -0.39 is 0 Å². The average molecular weight is 439 g/mol. The molecule has 28 heavy (non-hydrogen) atoms. The van der Waals surface area contributed by atoms with Crippen molar-refractivity contribution >= 4 is 28.1 Å². The SMILES string of the molecule is COc1ccc(C=NNC(=O)c2cc(Br)ccc2OCc2ccccc2)cc1. The lowest BCUT2D eigenvalue weighted by molar-refractivity contribution is 0.0950. The van der Waals surface area contributed by atoms with Crippen molar-refractivity contribution < 1.29 is 14.3 Å². The minimum absolute atomic E-state index is 0.353. The second-order valence-corrected chi connectivity index (χ2v) is 6.80. The molecule has 0 radical (unpaired) electrons. The van der Waals surface area contributed by atoms with E-state index in [1.165, 1.54) is 0 Å². The van der Waals surface area contributed by atoms with E-state index in [9.17, 15) is 4.79 Å². The van der Waals surface area contributed by atoms with Gasteiger partial charge in [0.1, 0.15) is 18.1 Å². The molecule has 0 bridgehead atoms. The van der Waals surface area contributed by atoms with Crippen LogP contribution in [0.15, 0.2) is 82.4 Å². The van der Waals surface area contributed by atoms with Gasteiger partial charge in [-0.25, -0.2) is 5.43 Å². The molecule has 0 aromatic heterocycles. The molecule has 3 aromatic rings. The number of hydrogen-bond donors (Lipinski definition) is 1. The van der Waals surface area contributed by atoms with Crippen LogP contribution in [0.3, 0.4) is 0 Å². The molecule has 5 nitrogen and oxygen atoms in total. The molecule has 0 fully saturated rings. The lowest BCUT2D eigenvalue weighted by Gasteiger charge is -2.11. The highest BCUT2D eigenvalue weighted by Crippen LogP contribution is 2.24. The minimum Gasteiger partial charge on any atom is -0.497 e. The number of carbonyl (C=O) groups excluding carboxylic acids is 1. The topological polar surface area (TPSA) is 59.9 Å². The van der Waals surface area contributed by atoms with E-state index >= 15 is 0 Å². The maximum absolute atomic E-state index is 12.6. The van der Waals surface area contributed by atoms with Crippen LogP contribution in [-0.4, -0.2) is 19.2 Å². The lowest BCUT2D eigenvalue weighted by Crippen LogP contribution is -2.18. The Labute approximate surface area is 172 Å². The fourth-order valence-corrected chi connectivity index (χ4v) is 2.82. The molecule has 1 amide bonds. The zero-order chi connectivity index (χ0) is 19.8. The number of amides is 1. The number of benzene rings is 3. The summed E-state index contributed by atoms with van der Waals surface area (Å²) in [6.07, 6.45) is 1.57. The highest BCUT2D eigenvalue weighted by atomic mass is 79.9. The quantitative estimate of drug-likeness (QED) is 0.425. The number of ether oxygens (including phenoxy) is 2. The summed E-state index contributed by atoms with van der Waals surface area (Å²) in [5.41, 5.74) is 4.81. The Hall–Kier alpha value is -3.12. The largest absolute Gasteiger partial charge is 0.497 e. The average Bonchev–Trinajstić information content (AvgIpc) is 2.74. The smallest absolute Gasteiger partial charge is 0.275 e. The van der Waals surface area contributed by atoms with Crippen LogP contribution in [0, 0.1) is 0 Å². The molecule has 0 aliphatic carbocycles. The zero-order valence-electron chi connectivity index (χ0n) is 15.3. The summed E-state index contributed by atoms with van der Waals surface area (Å²) in [5, 5.41) is 4.03. The molecular weight excluding hydrogens is 420 g/mol. The van der Waals surface area contributed by atoms with Gasteiger partial charge in [-0.3, -0.25) is 4.79 Å². The first-order chi connectivity index (χ1) is 13.7. The summed E-state index contributed by atoms with van der Waals surface area (Å²) in [4.78, 5) is 12.6. The molecular formula is C22H19BrN2O3. The van der Waals surface area contributed by atoms with E-state index in [0.717, 1.165) is 21.3 Å². The Morgan fingerprint density at radius 2 is 1.82 bits per heavy atom. The maximum atomic E-state index is 12.6. The predicted molar refractivity (Wildman–Crippen MR) is 113 cm³/mol. The van der Waals surface area contributed by atoms with E-state index in [1.54, 1.807) is 25.5 Å². The standard InChI is InChI=1S/C22H19BrN2O3/c1-27-19-10-7-16(8-11-19)14-24-25-22(26)20-13-18(23)9-12-21(20)28-15-17-5-3-2-4-6-17/h2-14H,15H2,1H3,(H,25,26). The van der Waals surface area contributed by atoms with Gasteiger partial charge < -0.3 is 9.47 Å². The summed E-state index contributed by atoms with van der Waals surface area (Å²) in [5.74, 6) is 0.897. The van der Waals surface area contributed by atoms with Crippen LogP contribution in [0.25, 0.3) is 0 Å². The minimum atomic E-state index is -0.353. The fourth-order valence-electron chi connectivity index (χ4n) is 2.46. The Morgan fingerprint density at radius 1 is 1.07 bits per heavy atom. The number of rotatable bonds is 7. The molecule has 0 aliphatic heterocycles. The van der Waals surface area contributed by atoms with Crippen molar-refractivity contribution in [2.75, 3.05) is 7.11 Å². The Balaban J connectivity index is 1.67. The number of nitrogens with zero attached hydrogens (tertiary/aromatic N) is 1. The van der Waals surface area contributed by atoms with Crippen LogP contribution < -0.4 is 14.9 Å². The van der Waals surface area contributed by atoms with Crippen molar-refractivity contribution in [2.45, 2.75) is 6.61 Å². The lowest BCUT2D eigenvalue weighted by atomic mass is 10.2. The molecule has 0 heterocycles. The molecule has 6 heteroatoms. The van der Waals surface area contributed by atoms with Gasteiger partial charge in [-0.2, -0.15) is 5.10 Å². The monoisotopic (exact) mass is 438 g/mol. The molecule has 142 valence electrons. The summed E-state index contributed by atoms with van der Waals surface area (Å²) in [6.45, 7) is 0.373. The number of methoxy groups -OCH3 is 1. The van der Waals surface area contributed by atoms with Crippen LogP contribution in [0.2, 0.25) is 0 Å². The molecule has 0 atom stereocenters. The maximum Gasteiger partial charge on any atom is 0.275 e. The van der Waals surface area contributed by atoms with Crippen LogP contribution >= 0.6 is 15.9 Å². The predicted octanol–water partition coefficient (Wildman–Crippen LogP) is 4.80. The number of carbonyl (C=O) groups is 1. The number of nitrogens with one attached hydrogen (secondary N) is 1.